The molecule has 1 aromatic carbocycles. The lowest BCUT2D eigenvalue weighted by molar-refractivity contribution is -0.114. The van der Waals surface area contributed by atoms with Crippen molar-refractivity contribution in [3.8, 4) is 5.75 Å². The van der Waals surface area contributed by atoms with Gasteiger partial charge in [-0.2, -0.15) is 0 Å². The molecule has 0 spiro atoms. The fraction of sp³-hybridized carbons (Fsp3) is 0.417. The Labute approximate surface area is 90.4 Å². The van der Waals surface area contributed by atoms with E-state index in [2.05, 4.69) is 12.2 Å². The molecule has 0 saturated heterocycles. The predicted molar refractivity (Wildman–Crippen MR) is 61.3 cm³/mol. The van der Waals surface area contributed by atoms with E-state index in [1.54, 1.807) is 7.11 Å². The van der Waals surface area contributed by atoms with Crippen LogP contribution in [0.25, 0.3) is 0 Å². The van der Waals surface area contributed by atoms with E-state index >= 15 is 0 Å². The number of aryl methyl sites for hydroxylation is 1. The molecule has 1 N–H and O–H groups in total. The summed E-state index contributed by atoms with van der Waals surface area (Å²) >= 11 is 0. The Hall–Kier alpha value is -1.51. The van der Waals surface area contributed by atoms with Gasteiger partial charge in [0.2, 0.25) is 5.91 Å². The van der Waals surface area contributed by atoms with Crippen molar-refractivity contribution in [1.82, 2.24) is 0 Å². The van der Waals surface area contributed by atoms with Gasteiger partial charge in [-0.15, -0.1) is 0 Å². The van der Waals surface area contributed by atoms with Crippen LogP contribution in [0.3, 0.4) is 0 Å². The summed E-state index contributed by atoms with van der Waals surface area (Å²) in [4.78, 5) is 10.9. The largest absolute Gasteiger partial charge is 0.497 e. The second-order valence-electron chi connectivity index (χ2n) is 3.50. The summed E-state index contributed by atoms with van der Waals surface area (Å²) in [6, 6.07) is 5.79. The molecular formula is C12H17NO2. The van der Waals surface area contributed by atoms with Crippen molar-refractivity contribution >= 4 is 11.6 Å². The van der Waals surface area contributed by atoms with Gasteiger partial charge >= 0.3 is 0 Å². The van der Waals surface area contributed by atoms with E-state index in [9.17, 15) is 4.79 Å². The highest BCUT2D eigenvalue weighted by Crippen LogP contribution is 2.21. The number of carbonyl (C=O) groups is 1. The molecule has 0 aliphatic rings. The average molecular weight is 207 g/mol. The molecular weight excluding hydrogens is 190 g/mol. The highest BCUT2D eigenvalue weighted by Gasteiger charge is 2.02. The lowest BCUT2D eigenvalue weighted by atomic mass is 10.1. The summed E-state index contributed by atoms with van der Waals surface area (Å²) in [5, 5.41) is 2.76. The Morgan fingerprint density at radius 2 is 2.13 bits per heavy atom. The van der Waals surface area contributed by atoms with Crippen molar-refractivity contribution in [2.75, 3.05) is 12.4 Å². The number of carbonyl (C=O) groups excluding carboxylic acids is 1. The van der Waals surface area contributed by atoms with E-state index in [0.717, 1.165) is 24.3 Å². The fourth-order valence-electron chi connectivity index (χ4n) is 1.49. The topological polar surface area (TPSA) is 38.3 Å². The van der Waals surface area contributed by atoms with E-state index in [4.69, 9.17) is 4.74 Å². The van der Waals surface area contributed by atoms with Gasteiger partial charge in [0.25, 0.3) is 0 Å². The van der Waals surface area contributed by atoms with E-state index in [1.807, 2.05) is 18.2 Å². The standard InChI is InChI=1S/C12H17NO2/c1-4-5-10-6-11(13-9(2)14)8-12(7-10)15-3/h6-8H,4-5H2,1-3H3,(H,13,14). The molecule has 1 amide bonds. The number of methoxy groups -OCH3 is 1. The molecule has 15 heavy (non-hydrogen) atoms. The smallest absolute Gasteiger partial charge is 0.221 e. The first-order valence-corrected chi connectivity index (χ1v) is 5.11. The maximum absolute atomic E-state index is 10.9. The lowest BCUT2D eigenvalue weighted by Gasteiger charge is -2.08. The highest BCUT2D eigenvalue weighted by molar-refractivity contribution is 5.89. The van der Waals surface area contributed by atoms with E-state index in [0.29, 0.717) is 0 Å². The third-order valence-corrected chi connectivity index (χ3v) is 2.06. The zero-order valence-electron chi connectivity index (χ0n) is 9.46. The van der Waals surface area contributed by atoms with Gasteiger partial charge in [-0.05, 0) is 24.1 Å². The van der Waals surface area contributed by atoms with Crippen molar-refractivity contribution in [2.45, 2.75) is 26.7 Å². The van der Waals surface area contributed by atoms with Gasteiger partial charge in [-0.1, -0.05) is 13.3 Å². The Balaban J connectivity index is 2.94. The van der Waals surface area contributed by atoms with Crippen molar-refractivity contribution in [3.63, 3.8) is 0 Å². The van der Waals surface area contributed by atoms with Gasteiger partial charge in [0.05, 0.1) is 7.11 Å². The molecule has 0 bridgehead atoms. The molecule has 1 aromatic rings. The van der Waals surface area contributed by atoms with Crippen LogP contribution in [-0.2, 0) is 11.2 Å². The van der Waals surface area contributed by atoms with Crippen LogP contribution in [0.1, 0.15) is 25.8 Å². The first-order chi connectivity index (χ1) is 7.15. The van der Waals surface area contributed by atoms with Crippen molar-refractivity contribution < 1.29 is 9.53 Å². The number of hydrogen-bond acceptors (Lipinski definition) is 2. The zero-order chi connectivity index (χ0) is 11.3. The van der Waals surface area contributed by atoms with E-state index in [1.165, 1.54) is 12.5 Å². The first-order valence-electron chi connectivity index (χ1n) is 5.11. The van der Waals surface area contributed by atoms with Crippen molar-refractivity contribution in [2.24, 2.45) is 0 Å². The number of anilines is 1. The number of amides is 1. The summed E-state index contributed by atoms with van der Waals surface area (Å²) in [6.45, 7) is 3.62. The average Bonchev–Trinajstić information content (AvgIpc) is 2.16. The summed E-state index contributed by atoms with van der Waals surface area (Å²) in [5.41, 5.74) is 1.98. The minimum absolute atomic E-state index is 0.0642. The van der Waals surface area contributed by atoms with E-state index < -0.39 is 0 Å². The van der Waals surface area contributed by atoms with Gasteiger partial charge < -0.3 is 10.1 Å². The molecule has 3 heteroatoms. The predicted octanol–water partition coefficient (Wildman–Crippen LogP) is 2.61. The number of nitrogens with one attached hydrogen (secondary N) is 1. The Morgan fingerprint density at radius 3 is 2.67 bits per heavy atom. The molecule has 0 heterocycles. The molecule has 0 atom stereocenters. The second-order valence-corrected chi connectivity index (χ2v) is 3.50. The van der Waals surface area contributed by atoms with Crippen LogP contribution in [0.4, 0.5) is 5.69 Å². The molecule has 0 radical (unpaired) electrons. The molecule has 82 valence electrons. The van der Waals surface area contributed by atoms with Crippen molar-refractivity contribution in [1.29, 1.82) is 0 Å². The SMILES string of the molecule is CCCc1cc(NC(C)=O)cc(OC)c1. The fourth-order valence-corrected chi connectivity index (χ4v) is 1.49. The third kappa shape index (κ3) is 3.62. The molecule has 0 aliphatic heterocycles. The number of ether oxygens (including phenoxy) is 1. The highest BCUT2D eigenvalue weighted by atomic mass is 16.5. The van der Waals surface area contributed by atoms with Gasteiger partial charge in [0.15, 0.2) is 0 Å². The van der Waals surface area contributed by atoms with Crippen LogP contribution in [0.15, 0.2) is 18.2 Å². The molecule has 0 fully saturated rings. The number of rotatable bonds is 4. The molecule has 1 rings (SSSR count). The lowest BCUT2D eigenvalue weighted by Crippen LogP contribution is -2.06. The normalized spacial score (nSPS) is 9.80. The maximum Gasteiger partial charge on any atom is 0.221 e. The zero-order valence-corrected chi connectivity index (χ0v) is 9.46. The van der Waals surface area contributed by atoms with Crippen LogP contribution < -0.4 is 10.1 Å². The Kier molecular flexibility index (Phi) is 4.16. The van der Waals surface area contributed by atoms with Crippen LogP contribution >= 0.6 is 0 Å². The molecule has 0 saturated carbocycles. The molecule has 3 nitrogen and oxygen atoms in total. The van der Waals surface area contributed by atoms with Gasteiger partial charge in [-0.3, -0.25) is 4.79 Å². The van der Waals surface area contributed by atoms with E-state index in [-0.39, 0.29) is 5.91 Å². The summed E-state index contributed by atoms with van der Waals surface area (Å²) in [7, 11) is 1.63. The Morgan fingerprint density at radius 1 is 1.40 bits per heavy atom. The first kappa shape index (κ1) is 11.6. The quantitative estimate of drug-likeness (QED) is 0.824. The maximum atomic E-state index is 10.9. The summed E-state index contributed by atoms with van der Waals surface area (Å²) in [5.74, 6) is 0.718. The summed E-state index contributed by atoms with van der Waals surface area (Å²) < 4.78 is 5.17. The third-order valence-electron chi connectivity index (χ3n) is 2.06. The Bertz CT molecular complexity index is 347. The van der Waals surface area contributed by atoms with Gasteiger partial charge in [0.1, 0.15) is 5.75 Å². The van der Waals surface area contributed by atoms with Crippen LogP contribution in [-0.4, -0.2) is 13.0 Å². The monoisotopic (exact) mass is 207 g/mol. The number of hydrogen-bond donors (Lipinski definition) is 1. The number of benzene rings is 1. The molecule has 0 aliphatic carbocycles. The van der Waals surface area contributed by atoms with Crippen LogP contribution in [0, 0.1) is 0 Å². The van der Waals surface area contributed by atoms with Gasteiger partial charge in [-0.25, -0.2) is 0 Å². The molecule has 0 unspecified atom stereocenters. The summed E-state index contributed by atoms with van der Waals surface area (Å²) in [6.07, 6.45) is 2.07. The minimum Gasteiger partial charge on any atom is -0.497 e. The van der Waals surface area contributed by atoms with Crippen molar-refractivity contribution in [3.05, 3.63) is 23.8 Å². The molecule has 0 aromatic heterocycles. The van der Waals surface area contributed by atoms with Gasteiger partial charge in [0, 0.05) is 18.7 Å². The minimum atomic E-state index is -0.0642. The van der Waals surface area contributed by atoms with Crippen LogP contribution in [0.2, 0.25) is 0 Å². The second kappa shape index (κ2) is 5.39. The van der Waals surface area contributed by atoms with Crippen LogP contribution in [0.5, 0.6) is 5.75 Å².